The molecule has 8 heteroatoms. The molecule has 3 rings (SSSR count). The topological polar surface area (TPSA) is 97.7 Å². The number of benzene rings is 2. The van der Waals surface area contributed by atoms with Crippen molar-refractivity contribution in [3.63, 3.8) is 0 Å². The molecule has 3 aromatic rings. The standard InChI is InChI=1S/C19H15N3O4S/c1-13-4-7-15(8-5-13)27-18-9-6-14(11-16(18)22(24)25)12-20-21-19(23)17-3-2-10-26-17/h2-12H,1H3,(H,21,23)/b20-12-. The minimum absolute atomic E-state index is 0.0260. The summed E-state index contributed by atoms with van der Waals surface area (Å²) in [6.07, 6.45) is 2.72. The van der Waals surface area contributed by atoms with Crippen LogP contribution in [0, 0.1) is 17.0 Å². The highest BCUT2D eigenvalue weighted by molar-refractivity contribution is 7.99. The van der Waals surface area contributed by atoms with E-state index in [0.717, 1.165) is 10.5 Å². The molecule has 0 fully saturated rings. The van der Waals surface area contributed by atoms with Crippen LogP contribution in [-0.4, -0.2) is 17.0 Å². The molecule has 1 amide bonds. The monoisotopic (exact) mass is 381 g/mol. The highest BCUT2D eigenvalue weighted by atomic mass is 32.2. The van der Waals surface area contributed by atoms with Crippen LogP contribution < -0.4 is 5.43 Å². The molecule has 2 aromatic carbocycles. The maximum absolute atomic E-state index is 11.7. The molecule has 0 bridgehead atoms. The molecule has 1 N–H and O–H groups in total. The average molecular weight is 381 g/mol. The fourth-order valence-corrected chi connectivity index (χ4v) is 3.11. The number of furan rings is 1. The molecule has 0 aliphatic heterocycles. The number of carbonyl (C=O) groups excluding carboxylic acids is 1. The number of nitrogens with zero attached hydrogens (tertiary/aromatic N) is 2. The SMILES string of the molecule is Cc1ccc(Sc2ccc(/C=N\NC(=O)c3ccco3)cc2[N+](=O)[O-])cc1. The van der Waals surface area contributed by atoms with E-state index in [9.17, 15) is 14.9 Å². The molecule has 0 saturated carbocycles. The van der Waals surface area contributed by atoms with Crippen LogP contribution in [0.15, 0.2) is 80.2 Å². The van der Waals surface area contributed by atoms with Gasteiger partial charge in [-0.3, -0.25) is 14.9 Å². The zero-order valence-corrected chi connectivity index (χ0v) is 15.1. The highest BCUT2D eigenvalue weighted by Gasteiger charge is 2.15. The summed E-state index contributed by atoms with van der Waals surface area (Å²) in [5, 5.41) is 15.2. The third kappa shape index (κ3) is 4.83. The first kappa shape index (κ1) is 18.4. The van der Waals surface area contributed by atoms with Crippen LogP contribution in [0.25, 0.3) is 0 Å². The largest absolute Gasteiger partial charge is 0.459 e. The van der Waals surface area contributed by atoms with Crippen LogP contribution in [0.3, 0.4) is 0 Å². The van der Waals surface area contributed by atoms with Gasteiger partial charge in [-0.2, -0.15) is 5.10 Å². The first-order valence-electron chi connectivity index (χ1n) is 7.93. The second kappa shape index (κ2) is 8.33. The summed E-state index contributed by atoms with van der Waals surface area (Å²) in [6, 6.07) is 15.6. The Morgan fingerprint density at radius 3 is 2.67 bits per heavy atom. The van der Waals surface area contributed by atoms with Crippen molar-refractivity contribution < 1.29 is 14.1 Å². The van der Waals surface area contributed by atoms with Crippen molar-refractivity contribution in [1.29, 1.82) is 0 Å². The van der Waals surface area contributed by atoms with E-state index >= 15 is 0 Å². The molecule has 0 spiro atoms. The molecular formula is C19H15N3O4S. The Morgan fingerprint density at radius 2 is 2.00 bits per heavy atom. The van der Waals surface area contributed by atoms with Gasteiger partial charge in [-0.1, -0.05) is 35.5 Å². The second-order valence-corrected chi connectivity index (χ2v) is 6.69. The average Bonchev–Trinajstić information content (AvgIpc) is 3.19. The van der Waals surface area contributed by atoms with Crippen molar-refractivity contribution in [1.82, 2.24) is 5.43 Å². The van der Waals surface area contributed by atoms with Gasteiger partial charge in [-0.25, -0.2) is 5.43 Å². The Balaban J connectivity index is 1.74. The first-order chi connectivity index (χ1) is 13.0. The number of rotatable bonds is 6. The molecule has 1 heterocycles. The van der Waals surface area contributed by atoms with Gasteiger partial charge in [0.15, 0.2) is 5.76 Å². The molecule has 0 aliphatic rings. The third-order valence-electron chi connectivity index (χ3n) is 3.55. The molecule has 0 atom stereocenters. The molecule has 0 aliphatic carbocycles. The predicted octanol–water partition coefficient (Wildman–Crippen LogP) is 4.41. The van der Waals surface area contributed by atoms with Gasteiger partial charge in [0, 0.05) is 16.5 Å². The number of nitro benzene ring substituents is 1. The van der Waals surface area contributed by atoms with Gasteiger partial charge in [0.05, 0.1) is 22.3 Å². The molecule has 0 unspecified atom stereocenters. The molecule has 0 radical (unpaired) electrons. The lowest BCUT2D eigenvalue weighted by Crippen LogP contribution is -2.16. The van der Waals surface area contributed by atoms with Gasteiger partial charge in [0.25, 0.3) is 5.69 Å². The van der Waals surface area contributed by atoms with Gasteiger partial charge in [-0.15, -0.1) is 0 Å². The number of aryl methyl sites for hydroxylation is 1. The smallest absolute Gasteiger partial charge is 0.307 e. The summed E-state index contributed by atoms with van der Waals surface area (Å²) >= 11 is 1.32. The van der Waals surface area contributed by atoms with E-state index in [4.69, 9.17) is 4.42 Å². The van der Waals surface area contributed by atoms with E-state index in [-0.39, 0.29) is 11.4 Å². The van der Waals surface area contributed by atoms with Crippen molar-refractivity contribution >= 4 is 29.6 Å². The summed E-state index contributed by atoms with van der Waals surface area (Å²) in [6.45, 7) is 1.98. The van der Waals surface area contributed by atoms with E-state index in [2.05, 4.69) is 10.5 Å². The van der Waals surface area contributed by atoms with Crippen LogP contribution in [-0.2, 0) is 0 Å². The molecule has 136 valence electrons. The van der Waals surface area contributed by atoms with Crippen LogP contribution in [0.2, 0.25) is 0 Å². The van der Waals surface area contributed by atoms with Gasteiger partial charge < -0.3 is 4.42 Å². The normalized spacial score (nSPS) is 10.9. The summed E-state index contributed by atoms with van der Waals surface area (Å²) in [7, 11) is 0. The molecule has 0 saturated heterocycles. The van der Waals surface area contributed by atoms with Crippen molar-refractivity contribution in [2.75, 3.05) is 0 Å². The van der Waals surface area contributed by atoms with E-state index in [1.807, 2.05) is 31.2 Å². The number of carbonyl (C=O) groups is 1. The zero-order valence-electron chi connectivity index (χ0n) is 14.3. The number of amides is 1. The van der Waals surface area contributed by atoms with Gasteiger partial charge in [0.2, 0.25) is 0 Å². The van der Waals surface area contributed by atoms with Crippen molar-refractivity contribution in [3.8, 4) is 0 Å². The van der Waals surface area contributed by atoms with Crippen LogP contribution in [0.4, 0.5) is 5.69 Å². The van der Waals surface area contributed by atoms with E-state index < -0.39 is 10.8 Å². The Bertz CT molecular complexity index is 983. The number of nitrogens with one attached hydrogen (secondary N) is 1. The summed E-state index contributed by atoms with van der Waals surface area (Å²) in [4.78, 5) is 24.1. The fraction of sp³-hybridized carbons (Fsp3) is 0.0526. The third-order valence-corrected chi connectivity index (χ3v) is 4.63. The quantitative estimate of drug-likeness (QED) is 0.387. The summed E-state index contributed by atoms with van der Waals surface area (Å²) in [5.74, 6) is -0.375. The van der Waals surface area contributed by atoms with Gasteiger partial charge in [0.1, 0.15) is 0 Å². The Labute approximate surface area is 159 Å². The highest BCUT2D eigenvalue weighted by Crippen LogP contribution is 2.35. The summed E-state index contributed by atoms with van der Waals surface area (Å²) < 4.78 is 4.95. The number of hydrogen-bond acceptors (Lipinski definition) is 6. The zero-order chi connectivity index (χ0) is 19.2. The minimum Gasteiger partial charge on any atom is -0.459 e. The first-order valence-corrected chi connectivity index (χ1v) is 8.74. The van der Waals surface area contributed by atoms with Gasteiger partial charge in [-0.05, 0) is 37.3 Å². The van der Waals surface area contributed by atoms with Crippen LogP contribution >= 0.6 is 11.8 Å². The van der Waals surface area contributed by atoms with Crippen LogP contribution in [0.1, 0.15) is 21.7 Å². The number of nitro groups is 1. The maximum Gasteiger partial charge on any atom is 0.307 e. The van der Waals surface area contributed by atoms with Crippen LogP contribution in [0.5, 0.6) is 0 Å². The van der Waals surface area contributed by atoms with Gasteiger partial charge >= 0.3 is 5.91 Å². The summed E-state index contributed by atoms with van der Waals surface area (Å²) in [5.41, 5.74) is 3.89. The van der Waals surface area contributed by atoms with Crippen molar-refractivity contribution in [2.45, 2.75) is 16.7 Å². The molecule has 7 nitrogen and oxygen atoms in total. The number of hydrogen-bond donors (Lipinski definition) is 1. The lowest BCUT2D eigenvalue weighted by Gasteiger charge is -2.04. The van der Waals surface area contributed by atoms with E-state index in [1.54, 1.807) is 18.2 Å². The van der Waals surface area contributed by atoms with Crippen molar-refractivity contribution in [2.24, 2.45) is 5.10 Å². The molecule has 1 aromatic heterocycles. The Morgan fingerprint density at radius 1 is 1.22 bits per heavy atom. The number of hydrazone groups is 1. The Kier molecular flexibility index (Phi) is 5.68. The lowest BCUT2D eigenvalue weighted by atomic mass is 10.2. The fourth-order valence-electron chi connectivity index (χ4n) is 2.21. The maximum atomic E-state index is 11.7. The molecule has 27 heavy (non-hydrogen) atoms. The van der Waals surface area contributed by atoms with Crippen molar-refractivity contribution in [3.05, 3.63) is 87.9 Å². The lowest BCUT2D eigenvalue weighted by molar-refractivity contribution is -0.387. The van der Waals surface area contributed by atoms with E-state index in [0.29, 0.717) is 10.5 Å². The second-order valence-electron chi connectivity index (χ2n) is 5.58. The Hall–Kier alpha value is -3.39. The van der Waals surface area contributed by atoms with E-state index in [1.165, 1.54) is 36.4 Å². The molecular weight excluding hydrogens is 366 g/mol. The minimum atomic E-state index is -0.503. The predicted molar refractivity (Wildman–Crippen MR) is 102 cm³/mol.